The van der Waals surface area contributed by atoms with Crippen LogP contribution in [-0.4, -0.2) is 17.6 Å². The molecule has 0 radical (unpaired) electrons. The molecule has 0 heterocycles. The van der Waals surface area contributed by atoms with Gasteiger partial charge in [0.05, 0.1) is 5.69 Å². The topological polar surface area (TPSA) is 54.5 Å². The summed E-state index contributed by atoms with van der Waals surface area (Å²) in [7, 11) is 0. The van der Waals surface area contributed by atoms with Gasteiger partial charge in [-0.1, -0.05) is 44.2 Å². The molecule has 29 heavy (non-hydrogen) atoms. The molecule has 2 rings (SSSR count). The van der Waals surface area contributed by atoms with Crippen LogP contribution < -0.4 is 4.90 Å². The molecule has 0 aliphatic carbocycles. The lowest BCUT2D eigenvalue weighted by atomic mass is 9.93. The van der Waals surface area contributed by atoms with Gasteiger partial charge in [0, 0.05) is 19.4 Å². The minimum atomic E-state index is -0.299. The Balaban J connectivity index is 2.16. The van der Waals surface area contributed by atoms with Crippen LogP contribution in [0.4, 0.5) is 5.69 Å². The van der Waals surface area contributed by atoms with Crippen LogP contribution in [0.5, 0.6) is 0 Å². The van der Waals surface area contributed by atoms with Crippen LogP contribution in [0.25, 0.3) is 0 Å². The molecule has 0 aliphatic rings. The zero-order valence-electron chi connectivity index (χ0n) is 17.7. The summed E-state index contributed by atoms with van der Waals surface area (Å²) >= 11 is 0. The van der Waals surface area contributed by atoms with Gasteiger partial charge in [0.25, 0.3) is 0 Å². The van der Waals surface area contributed by atoms with E-state index >= 15 is 0 Å². The number of nitrogens with zero attached hydrogens (tertiary/aromatic N) is 1. The second-order valence-electron chi connectivity index (χ2n) is 7.39. The third-order valence-corrected chi connectivity index (χ3v) is 4.85. The number of hydrogen-bond donors (Lipinski definition) is 0. The molecule has 2 aromatic carbocycles. The van der Waals surface area contributed by atoms with Crippen molar-refractivity contribution in [3.63, 3.8) is 0 Å². The van der Waals surface area contributed by atoms with E-state index in [2.05, 4.69) is 25.6 Å². The van der Waals surface area contributed by atoms with E-state index in [1.807, 2.05) is 18.2 Å². The molecule has 0 spiro atoms. The highest BCUT2D eigenvalue weighted by Gasteiger charge is 2.16. The summed E-state index contributed by atoms with van der Waals surface area (Å²) in [5.41, 5.74) is 5.16. The summed E-state index contributed by atoms with van der Waals surface area (Å²) in [6.07, 6.45) is 3.46. The molecule has 0 unspecified atom stereocenters. The van der Waals surface area contributed by atoms with Gasteiger partial charge in [-0.15, -0.1) is 0 Å². The maximum Gasteiger partial charge on any atom is 0.230 e. The highest BCUT2D eigenvalue weighted by atomic mass is 16.2. The fourth-order valence-electron chi connectivity index (χ4n) is 3.39. The number of benzene rings is 2. The fourth-order valence-corrected chi connectivity index (χ4v) is 3.39. The number of amides is 2. The molecule has 0 aromatic heterocycles. The Hall–Kier alpha value is -3.01. The van der Waals surface area contributed by atoms with Crippen LogP contribution in [0.1, 0.15) is 61.2 Å². The van der Waals surface area contributed by atoms with Crippen LogP contribution in [0.3, 0.4) is 0 Å². The van der Waals surface area contributed by atoms with Gasteiger partial charge in [0.1, 0.15) is 0 Å². The molecular weight excluding hydrogens is 362 g/mol. The highest BCUT2D eigenvalue weighted by Crippen LogP contribution is 2.20. The van der Waals surface area contributed by atoms with E-state index in [1.54, 1.807) is 19.1 Å². The predicted molar refractivity (Wildman–Crippen MR) is 117 cm³/mol. The molecule has 4 nitrogen and oxygen atoms in total. The molecule has 152 valence electrons. The zero-order valence-corrected chi connectivity index (χ0v) is 17.7. The third-order valence-electron chi connectivity index (χ3n) is 4.85. The molecule has 0 atom stereocenters. The van der Waals surface area contributed by atoms with Crippen molar-refractivity contribution in [3.05, 3.63) is 76.9 Å². The van der Waals surface area contributed by atoms with Crippen molar-refractivity contribution >= 4 is 23.3 Å². The lowest BCUT2D eigenvalue weighted by molar-refractivity contribution is -0.124. The summed E-state index contributed by atoms with van der Waals surface area (Å²) < 4.78 is 0. The molecule has 2 aromatic rings. The van der Waals surface area contributed by atoms with E-state index < -0.39 is 0 Å². The summed E-state index contributed by atoms with van der Waals surface area (Å²) in [6, 6.07) is 13.6. The first-order chi connectivity index (χ1) is 13.7. The van der Waals surface area contributed by atoms with E-state index in [1.165, 1.54) is 13.8 Å². The van der Waals surface area contributed by atoms with E-state index in [0.717, 1.165) is 52.8 Å². The van der Waals surface area contributed by atoms with Crippen LogP contribution in [0.15, 0.2) is 54.6 Å². The van der Waals surface area contributed by atoms with Crippen LogP contribution >= 0.6 is 0 Å². The SMILES string of the molecule is C=C(C)C(=O)c1cc(CCc2ccc(N(C(C)=O)C(C)=O)cc2)ccc1CCC. The second-order valence-corrected chi connectivity index (χ2v) is 7.39. The molecule has 2 amide bonds. The maximum atomic E-state index is 12.5. The van der Waals surface area contributed by atoms with Gasteiger partial charge in [-0.3, -0.25) is 19.3 Å². The van der Waals surface area contributed by atoms with E-state index in [4.69, 9.17) is 0 Å². The number of allylic oxidation sites excluding steroid dienone is 1. The van der Waals surface area contributed by atoms with Gasteiger partial charge in [0.15, 0.2) is 5.78 Å². The summed E-state index contributed by atoms with van der Waals surface area (Å²) in [4.78, 5) is 37.0. The standard InChI is InChI=1S/C25H29NO3/c1-6-7-22-13-10-21(16-24(22)25(29)17(2)3)9-8-20-11-14-23(15-12-20)26(18(4)27)19(5)28/h10-16H,2,6-9H2,1,3-5H3. The van der Waals surface area contributed by atoms with Crippen molar-refractivity contribution in [2.45, 2.75) is 53.4 Å². The molecule has 0 saturated heterocycles. The van der Waals surface area contributed by atoms with Crippen molar-refractivity contribution in [3.8, 4) is 0 Å². The Labute approximate surface area is 173 Å². The Kier molecular flexibility index (Phi) is 7.66. The number of anilines is 1. The molecular formula is C25H29NO3. The number of hydrogen-bond acceptors (Lipinski definition) is 3. The van der Waals surface area contributed by atoms with Gasteiger partial charge in [-0.25, -0.2) is 0 Å². The number of carbonyl (C=O) groups is 3. The van der Waals surface area contributed by atoms with Crippen molar-refractivity contribution in [2.24, 2.45) is 0 Å². The number of ketones is 1. The van der Waals surface area contributed by atoms with Crippen molar-refractivity contribution in [1.82, 2.24) is 0 Å². The van der Waals surface area contributed by atoms with Gasteiger partial charge in [-0.05, 0) is 66.6 Å². The van der Waals surface area contributed by atoms with E-state index in [9.17, 15) is 14.4 Å². The monoisotopic (exact) mass is 391 g/mol. The van der Waals surface area contributed by atoms with E-state index in [0.29, 0.717) is 11.3 Å². The maximum absolute atomic E-state index is 12.5. The minimum absolute atomic E-state index is 0.00760. The summed E-state index contributed by atoms with van der Waals surface area (Å²) in [5.74, 6) is -0.590. The van der Waals surface area contributed by atoms with Gasteiger partial charge in [-0.2, -0.15) is 0 Å². The quantitative estimate of drug-likeness (QED) is 0.466. The smallest absolute Gasteiger partial charge is 0.230 e. The Morgan fingerprint density at radius 2 is 1.38 bits per heavy atom. The van der Waals surface area contributed by atoms with Gasteiger partial charge >= 0.3 is 0 Å². The lowest BCUT2D eigenvalue weighted by Crippen LogP contribution is -2.32. The number of carbonyl (C=O) groups excluding carboxylic acids is 3. The Bertz CT molecular complexity index is 912. The number of rotatable bonds is 8. The van der Waals surface area contributed by atoms with Crippen molar-refractivity contribution in [1.29, 1.82) is 0 Å². The van der Waals surface area contributed by atoms with Crippen LogP contribution in [0, 0.1) is 0 Å². The normalized spacial score (nSPS) is 10.5. The van der Waals surface area contributed by atoms with Crippen LogP contribution in [0.2, 0.25) is 0 Å². The van der Waals surface area contributed by atoms with Crippen LogP contribution in [-0.2, 0) is 28.9 Å². The molecule has 0 saturated carbocycles. The first kappa shape index (κ1) is 22.3. The second kappa shape index (κ2) is 9.97. The molecule has 0 aliphatic heterocycles. The van der Waals surface area contributed by atoms with Gasteiger partial charge < -0.3 is 0 Å². The summed E-state index contributed by atoms with van der Waals surface area (Å²) in [5, 5.41) is 0. The lowest BCUT2D eigenvalue weighted by Gasteiger charge is -2.17. The molecule has 0 N–H and O–H groups in total. The first-order valence-corrected chi connectivity index (χ1v) is 9.96. The minimum Gasteiger partial charge on any atom is -0.289 e. The van der Waals surface area contributed by atoms with Gasteiger partial charge in [0.2, 0.25) is 11.8 Å². The molecule has 4 heteroatoms. The first-order valence-electron chi connectivity index (χ1n) is 9.96. The Morgan fingerprint density at radius 1 is 0.828 bits per heavy atom. The van der Waals surface area contributed by atoms with Crippen molar-refractivity contribution in [2.75, 3.05) is 4.90 Å². The zero-order chi connectivity index (χ0) is 21.6. The largest absolute Gasteiger partial charge is 0.289 e. The average molecular weight is 392 g/mol. The Morgan fingerprint density at radius 3 is 1.90 bits per heavy atom. The number of imide groups is 1. The molecule has 0 fully saturated rings. The summed E-state index contributed by atoms with van der Waals surface area (Å²) in [6.45, 7) is 10.4. The fraction of sp³-hybridized carbons (Fsp3) is 0.320. The number of Topliss-reactive ketones (excluding diaryl/α,β-unsaturated/α-hetero) is 1. The average Bonchev–Trinajstić information content (AvgIpc) is 2.67. The van der Waals surface area contributed by atoms with Crippen molar-refractivity contribution < 1.29 is 14.4 Å². The van der Waals surface area contributed by atoms with E-state index in [-0.39, 0.29) is 17.6 Å². The number of aryl methyl sites for hydroxylation is 3. The molecule has 0 bridgehead atoms. The third kappa shape index (κ3) is 5.74. The predicted octanol–water partition coefficient (Wildman–Crippen LogP) is 5.08. The highest BCUT2D eigenvalue weighted by molar-refractivity contribution is 6.13.